The highest BCUT2D eigenvalue weighted by atomic mass is 16.6. The van der Waals surface area contributed by atoms with Crippen LogP contribution in [0.4, 0.5) is 4.79 Å². The first kappa shape index (κ1) is 20.2. The molecular formula is C20H31N3O3. The fourth-order valence-corrected chi connectivity index (χ4v) is 2.98. The standard InChI is InChI=1S/C20H31N3O3/c1-20(2,3)26-19(25)23(16-17-9-8-11-21-15-17)14-10-18(24)22-12-6-4-5-7-13-22/h8-9,11,15H,4-7,10,12-14,16H2,1-3H3. The van der Waals surface area contributed by atoms with Crippen LogP contribution in [-0.2, 0) is 16.1 Å². The van der Waals surface area contributed by atoms with Gasteiger partial charge in [0.15, 0.2) is 0 Å². The first-order valence-electron chi connectivity index (χ1n) is 9.50. The Kier molecular flexibility index (Phi) is 7.42. The summed E-state index contributed by atoms with van der Waals surface area (Å²) in [6.45, 7) is 7.91. The lowest BCUT2D eigenvalue weighted by atomic mass is 10.2. The smallest absolute Gasteiger partial charge is 0.410 e. The molecule has 26 heavy (non-hydrogen) atoms. The van der Waals surface area contributed by atoms with Crippen molar-refractivity contribution in [2.75, 3.05) is 19.6 Å². The molecule has 0 aliphatic carbocycles. The minimum Gasteiger partial charge on any atom is -0.444 e. The third-order valence-corrected chi connectivity index (χ3v) is 4.30. The van der Waals surface area contributed by atoms with Crippen LogP contribution in [0.25, 0.3) is 0 Å². The van der Waals surface area contributed by atoms with Gasteiger partial charge in [-0.3, -0.25) is 9.78 Å². The van der Waals surface area contributed by atoms with E-state index in [0.717, 1.165) is 31.5 Å². The highest BCUT2D eigenvalue weighted by Crippen LogP contribution is 2.14. The fourth-order valence-electron chi connectivity index (χ4n) is 2.98. The Morgan fingerprint density at radius 1 is 1.19 bits per heavy atom. The molecule has 6 nitrogen and oxygen atoms in total. The maximum absolute atomic E-state index is 12.6. The summed E-state index contributed by atoms with van der Waals surface area (Å²) in [6, 6.07) is 3.76. The molecule has 0 N–H and O–H groups in total. The monoisotopic (exact) mass is 361 g/mol. The summed E-state index contributed by atoms with van der Waals surface area (Å²) in [5.74, 6) is 0.117. The second-order valence-electron chi connectivity index (χ2n) is 7.81. The number of carbonyl (C=O) groups is 2. The van der Waals surface area contributed by atoms with Gasteiger partial charge in [-0.05, 0) is 45.2 Å². The van der Waals surface area contributed by atoms with Crippen molar-refractivity contribution in [1.82, 2.24) is 14.8 Å². The Morgan fingerprint density at radius 2 is 1.88 bits per heavy atom. The van der Waals surface area contributed by atoms with Crippen molar-refractivity contribution in [3.05, 3.63) is 30.1 Å². The number of pyridine rings is 1. The number of aromatic nitrogens is 1. The molecule has 0 saturated carbocycles. The van der Waals surface area contributed by atoms with Gasteiger partial charge in [0.25, 0.3) is 0 Å². The topological polar surface area (TPSA) is 62.7 Å². The SMILES string of the molecule is CC(C)(C)OC(=O)N(CCC(=O)N1CCCCCC1)Cc1cccnc1. The highest BCUT2D eigenvalue weighted by molar-refractivity contribution is 5.77. The minimum absolute atomic E-state index is 0.117. The molecule has 2 rings (SSSR count). The van der Waals surface area contributed by atoms with Gasteiger partial charge in [-0.15, -0.1) is 0 Å². The first-order chi connectivity index (χ1) is 12.3. The molecular weight excluding hydrogens is 330 g/mol. The van der Waals surface area contributed by atoms with E-state index in [1.165, 1.54) is 12.8 Å². The van der Waals surface area contributed by atoms with Crippen molar-refractivity contribution in [3.8, 4) is 0 Å². The van der Waals surface area contributed by atoms with Gasteiger partial charge in [0.1, 0.15) is 5.60 Å². The van der Waals surface area contributed by atoms with Crippen molar-refractivity contribution in [2.24, 2.45) is 0 Å². The number of hydrogen-bond donors (Lipinski definition) is 0. The first-order valence-corrected chi connectivity index (χ1v) is 9.50. The van der Waals surface area contributed by atoms with Crippen LogP contribution >= 0.6 is 0 Å². The van der Waals surface area contributed by atoms with E-state index in [9.17, 15) is 9.59 Å². The van der Waals surface area contributed by atoms with Gasteiger partial charge >= 0.3 is 6.09 Å². The average Bonchev–Trinajstić information content (AvgIpc) is 2.87. The number of likely N-dealkylation sites (tertiary alicyclic amines) is 1. The van der Waals surface area contributed by atoms with E-state index >= 15 is 0 Å². The normalized spacial score (nSPS) is 15.3. The molecule has 2 heterocycles. The maximum Gasteiger partial charge on any atom is 0.410 e. The van der Waals surface area contributed by atoms with E-state index in [-0.39, 0.29) is 5.91 Å². The lowest BCUT2D eigenvalue weighted by Gasteiger charge is -2.28. The van der Waals surface area contributed by atoms with E-state index < -0.39 is 11.7 Å². The summed E-state index contributed by atoms with van der Waals surface area (Å²) in [7, 11) is 0. The molecule has 2 amide bonds. The molecule has 1 aliphatic heterocycles. The molecule has 0 aromatic carbocycles. The van der Waals surface area contributed by atoms with Crippen molar-refractivity contribution >= 4 is 12.0 Å². The predicted molar refractivity (Wildman–Crippen MR) is 101 cm³/mol. The van der Waals surface area contributed by atoms with Crippen LogP contribution in [-0.4, -0.2) is 52.0 Å². The van der Waals surface area contributed by atoms with E-state index in [1.807, 2.05) is 37.8 Å². The molecule has 1 aliphatic rings. The second kappa shape index (κ2) is 9.55. The predicted octanol–water partition coefficient (Wildman–Crippen LogP) is 3.61. The van der Waals surface area contributed by atoms with Crippen LogP contribution in [0, 0.1) is 0 Å². The summed E-state index contributed by atoms with van der Waals surface area (Å²) < 4.78 is 5.51. The van der Waals surface area contributed by atoms with Gasteiger partial charge in [0.2, 0.25) is 5.91 Å². The molecule has 6 heteroatoms. The van der Waals surface area contributed by atoms with Crippen molar-refractivity contribution in [1.29, 1.82) is 0 Å². The summed E-state index contributed by atoms with van der Waals surface area (Å²) in [5, 5.41) is 0. The third-order valence-electron chi connectivity index (χ3n) is 4.30. The number of carbonyl (C=O) groups excluding carboxylic acids is 2. The highest BCUT2D eigenvalue weighted by Gasteiger charge is 2.24. The summed E-state index contributed by atoms with van der Waals surface area (Å²) >= 11 is 0. The minimum atomic E-state index is -0.570. The number of nitrogens with zero attached hydrogens (tertiary/aromatic N) is 3. The van der Waals surface area contributed by atoms with Crippen molar-refractivity contribution in [2.45, 2.75) is 65.0 Å². The van der Waals surface area contributed by atoms with E-state index in [0.29, 0.717) is 19.5 Å². The number of rotatable bonds is 5. The van der Waals surface area contributed by atoms with E-state index in [2.05, 4.69) is 4.98 Å². The largest absolute Gasteiger partial charge is 0.444 e. The van der Waals surface area contributed by atoms with Crippen LogP contribution in [0.15, 0.2) is 24.5 Å². The molecule has 0 bridgehead atoms. The van der Waals surface area contributed by atoms with Crippen molar-refractivity contribution < 1.29 is 14.3 Å². The Hall–Kier alpha value is -2.11. The third kappa shape index (κ3) is 7.02. The zero-order valence-corrected chi connectivity index (χ0v) is 16.2. The molecule has 0 unspecified atom stereocenters. The van der Waals surface area contributed by atoms with Gasteiger partial charge in [0, 0.05) is 38.4 Å². The molecule has 1 saturated heterocycles. The van der Waals surface area contributed by atoms with Crippen LogP contribution in [0.5, 0.6) is 0 Å². The van der Waals surface area contributed by atoms with Gasteiger partial charge < -0.3 is 14.5 Å². The maximum atomic E-state index is 12.6. The van der Waals surface area contributed by atoms with Gasteiger partial charge in [-0.2, -0.15) is 0 Å². The molecule has 0 atom stereocenters. The zero-order valence-electron chi connectivity index (χ0n) is 16.2. The summed E-state index contributed by atoms with van der Waals surface area (Å²) in [4.78, 5) is 32.7. The molecule has 1 aromatic rings. The van der Waals surface area contributed by atoms with E-state index in [1.54, 1.807) is 17.3 Å². The van der Waals surface area contributed by atoms with Gasteiger partial charge in [-0.25, -0.2) is 4.79 Å². The Bertz CT molecular complexity index is 576. The number of hydrogen-bond acceptors (Lipinski definition) is 4. The molecule has 0 radical (unpaired) electrons. The summed E-state index contributed by atoms with van der Waals surface area (Å²) in [5.41, 5.74) is 0.347. The molecule has 1 fully saturated rings. The lowest BCUT2D eigenvalue weighted by Crippen LogP contribution is -2.40. The fraction of sp³-hybridized carbons (Fsp3) is 0.650. The van der Waals surface area contributed by atoms with E-state index in [4.69, 9.17) is 4.74 Å². The Labute approximate surface area is 156 Å². The number of amides is 2. The molecule has 144 valence electrons. The van der Waals surface area contributed by atoms with Crippen LogP contribution in [0.1, 0.15) is 58.4 Å². The quantitative estimate of drug-likeness (QED) is 0.804. The lowest BCUT2D eigenvalue weighted by molar-refractivity contribution is -0.131. The summed E-state index contributed by atoms with van der Waals surface area (Å²) in [6.07, 6.45) is 7.86. The number of ether oxygens (including phenoxy) is 1. The second-order valence-corrected chi connectivity index (χ2v) is 7.81. The Morgan fingerprint density at radius 3 is 2.46 bits per heavy atom. The molecule has 0 spiro atoms. The molecule has 1 aromatic heterocycles. The van der Waals surface area contributed by atoms with Gasteiger partial charge in [-0.1, -0.05) is 18.9 Å². The van der Waals surface area contributed by atoms with Gasteiger partial charge in [0.05, 0.1) is 6.54 Å². The Balaban J connectivity index is 1.98. The zero-order chi connectivity index (χ0) is 19.0. The van der Waals surface area contributed by atoms with Crippen LogP contribution in [0.3, 0.4) is 0 Å². The average molecular weight is 361 g/mol. The van der Waals surface area contributed by atoms with Crippen LogP contribution < -0.4 is 0 Å². The van der Waals surface area contributed by atoms with Crippen molar-refractivity contribution in [3.63, 3.8) is 0 Å². The van der Waals surface area contributed by atoms with Crippen LogP contribution in [0.2, 0.25) is 0 Å².